The molecule has 12 heteroatoms. The Morgan fingerprint density at radius 1 is 0.897 bits per heavy atom. The van der Waals surface area contributed by atoms with Crippen LogP contribution in [0.2, 0.25) is 0 Å². The number of rotatable bonds is 5. The van der Waals surface area contributed by atoms with Crippen molar-refractivity contribution in [2.45, 2.75) is 9.79 Å². The molecule has 0 aliphatic rings. The summed E-state index contributed by atoms with van der Waals surface area (Å²) in [5.74, 6) is 0. The van der Waals surface area contributed by atoms with Crippen molar-refractivity contribution >= 4 is 54.4 Å². The molecule has 4 N–H and O–H groups in total. The standard InChI is InChI=1S/C17H13N3O7S2/c18-14-8-12(28(22,23)24)6-10-7-15(29(25,26)27)17(13(9-21)16(10)14)20-19-11-4-2-1-3-5-11/h1-9H,18H2,(H,22,23,24)(H,25,26,27). The van der Waals surface area contributed by atoms with Crippen molar-refractivity contribution in [2.75, 3.05) is 5.73 Å². The molecule has 0 atom stereocenters. The molecule has 0 aliphatic heterocycles. The third-order valence-corrected chi connectivity index (χ3v) is 5.63. The number of hydrogen-bond acceptors (Lipinski definition) is 8. The number of nitrogens with two attached hydrogens (primary N) is 1. The second-order valence-corrected chi connectivity index (χ2v) is 8.66. The fourth-order valence-corrected chi connectivity index (χ4v) is 3.93. The van der Waals surface area contributed by atoms with Crippen molar-refractivity contribution < 1.29 is 30.7 Å². The lowest BCUT2D eigenvalue weighted by Crippen LogP contribution is -2.04. The summed E-state index contributed by atoms with van der Waals surface area (Å²) in [5, 5.41) is 7.54. The van der Waals surface area contributed by atoms with Gasteiger partial charge in [-0.05, 0) is 35.7 Å². The molecule has 10 nitrogen and oxygen atoms in total. The summed E-state index contributed by atoms with van der Waals surface area (Å²) in [6.45, 7) is 0. The number of fused-ring (bicyclic) bond motifs is 1. The molecule has 0 unspecified atom stereocenters. The van der Waals surface area contributed by atoms with Gasteiger partial charge in [0.15, 0.2) is 6.29 Å². The van der Waals surface area contributed by atoms with Crippen LogP contribution in [0.4, 0.5) is 17.1 Å². The molecule has 3 rings (SSSR count). The Kier molecular flexibility index (Phi) is 5.19. The van der Waals surface area contributed by atoms with Gasteiger partial charge >= 0.3 is 0 Å². The average Bonchev–Trinajstić information content (AvgIpc) is 2.64. The van der Waals surface area contributed by atoms with Gasteiger partial charge in [0.1, 0.15) is 10.6 Å². The number of carbonyl (C=O) groups is 1. The molecule has 0 bridgehead atoms. The molecule has 0 aliphatic carbocycles. The normalized spacial score (nSPS) is 12.5. The number of nitrogen functional groups attached to an aromatic ring is 1. The summed E-state index contributed by atoms with van der Waals surface area (Å²) < 4.78 is 65.4. The molecule has 0 saturated heterocycles. The second-order valence-electron chi connectivity index (χ2n) is 5.85. The van der Waals surface area contributed by atoms with Crippen LogP contribution < -0.4 is 5.73 Å². The van der Waals surface area contributed by atoms with Crippen molar-refractivity contribution in [1.82, 2.24) is 0 Å². The van der Waals surface area contributed by atoms with Crippen LogP contribution in [0, 0.1) is 0 Å². The van der Waals surface area contributed by atoms with Gasteiger partial charge in [0.05, 0.1) is 16.1 Å². The number of anilines is 1. The summed E-state index contributed by atoms with van der Waals surface area (Å²) in [5.41, 5.74) is 5.18. The van der Waals surface area contributed by atoms with Crippen LogP contribution in [-0.2, 0) is 20.2 Å². The quantitative estimate of drug-likeness (QED) is 0.237. The van der Waals surface area contributed by atoms with Crippen LogP contribution in [-0.4, -0.2) is 32.2 Å². The van der Waals surface area contributed by atoms with Crippen molar-refractivity contribution in [3.05, 3.63) is 54.1 Å². The van der Waals surface area contributed by atoms with Crippen LogP contribution in [0.5, 0.6) is 0 Å². The highest BCUT2D eigenvalue weighted by molar-refractivity contribution is 7.86. The number of nitrogens with zero attached hydrogens (tertiary/aromatic N) is 2. The van der Waals surface area contributed by atoms with E-state index < -0.39 is 35.7 Å². The molecule has 0 radical (unpaired) electrons. The van der Waals surface area contributed by atoms with Crippen molar-refractivity contribution in [3.8, 4) is 0 Å². The highest BCUT2D eigenvalue weighted by Gasteiger charge is 2.24. The Morgan fingerprint density at radius 3 is 2.10 bits per heavy atom. The summed E-state index contributed by atoms with van der Waals surface area (Å²) in [6, 6.07) is 10.9. The van der Waals surface area contributed by atoms with Crippen molar-refractivity contribution in [2.24, 2.45) is 10.2 Å². The molecule has 29 heavy (non-hydrogen) atoms. The largest absolute Gasteiger partial charge is 0.398 e. The predicted molar refractivity (Wildman–Crippen MR) is 104 cm³/mol. The minimum Gasteiger partial charge on any atom is -0.398 e. The minimum atomic E-state index is -4.89. The van der Waals surface area contributed by atoms with Gasteiger partial charge < -0.3 is 5.73 Å². The molecule has 0 amide bonds. The van der Waals surface area contributed by atoms with Crippen LogP contribution in [0.1, 0.15) is 10.4 Å². The molecule has 150 valence electrons. The van der Waals surface area contributed by atoms with Gasteiger partial charge in [-0.1, -0.05) is 18.2 Å². The zero-order valence-corrected chi connectivity index (χ0v) is 16.1. The minimum absolute atomic E-state index is 0.0122. The van der Waals surface area contributed by atoms with E-state index in [1.165, 1.54) is 0 Å². The topological polar surface area (TPSA) is 177 Å². The van der Waals surface area contributed by atoms with Crippen LogP contribution in [0.3, 0.4) is 0 Å². The van der Waals surface area contributed by atoms with E-state index in [2.05, 4.69) is 10.2 Å². The molecular weight excluding hydrogens is 422 g/mol. The Labute approximate surface area is 165 Å². The molecular formula is C17H13N3O7S2. The average molecular weight is 435 g/mol. The van der Waals surface area contributed by atoms with Gasteiger partial charge in [-0.3, -0.25) is 13.9 Å². The zero-order chi connectivity index (χ0) is 21.4. The first-order chi connectivity index (χ1) is 13.5. The second kappa shape index (κ2) is 7.33. The van der Waals surface area contributed by atoms with Crippen molar-refractivity contribution in [1.29, 1.82) is 0 Å². The van der Waals surface area contributed by atoms with Gasteiger partial charge in [0.2, 0.25) is 0 Å². The fourth-order valence-electron chi connectivity index (χ4n) is 2.71. The van der Waals surface area contributed by atoms with Gasteiger partial charge in [-0.15, -0.1) is 5.11 Å². The van der Waals surface area contributed by atoms with Gasteiger partial charge in [-0.2, -0.15) is 21.9 Å². The SMILES string of the molecule is Nc1cc(S(=O)(=O)O)cc2cc(S(=O)(=O)O)c(N=Nc3ccccc3)c(C=O)c12. The first-order valence-corrected chi connectivity index (χ1v) is 10.7. The van der Waals surface area contributed by atoms with Crippen LogP contribution in [0.25, 0.3) is 10.8 Å². The Morgan fingerprint density at radius 2 is 1.55 bits per heavy atom. The Hall–Kier alpha value is -3.19. The molecule has 0 heterocycles. The van der Waals surface area contributed by atoms with Gasteiger partial charge in [0, 0.05) is 11.1 Å². The zero-order valence-electron chi connectivity index (χ0n) is 14.4. The summed E-state index contributed by atoms with van der Waals surface area (Å²) in [7, 11) is -9.55. The molecule has 0 fully saturated rings. The maximum atomic E-state index is 11.9. The molecule has 0 spiro atoms. The molecule has 0 saturated carbocycles. The monoisotopic (exact) mass is 435 g/mol. The third-order valence-electron chi connectivity index (χ3n) is 3.93. The summed E-state index contributed by atoms with van der Waals surface area (Å²) in [6.07, 6.45) is 0.264. The lowest BCUT2D eigenvalue weighted by Gasteiger charge is -2.12. The first kappa shape index (κ1) is 20.5. The van der Waals surface area contributed by atoms with E-state index in [1.807, 2.05) is 0 Å². The van der Waals surface area contributed by atoms with E-state index in [9.17, 15) is 30.7 Å². The van der Waals surface area contributed by atoms with Gasteiger partial charge in [-0.25, -0.2) is 0 Å². The van der Waals surface area contributed by atoms with E-state index in [4.69, 9.17) is 5.73 Å². The highest BCUT2D eigenvalue weighted by Crippen LogP contribution is 2.39. The maximum Gasteiger partial charge on any atom is 0.296 e. The lowest BCUT2D eigenvalue weighted by molar-refractivity contribution is 0.112. The molecule has 3 aromatic rings. The smallest absolute Gasteiger partial charge is 0.296 e. The predicted octanol–water partition coefficient (Wildman–Crippen LogP) is 3.14. The van der Waals surface area contributed by atoms with Crippen LogP contribution >= 0.6 is 0 Å². The maximum absolute atomic E-state index is 11.9. The lowest BCUT2D eigenvalue weighted by atomic mass is 10.0. The van der Waals surface area contributed by atoms with Gasteiger partial charge in [0.25, 0.3) is 20.2 Å². The highest BCUT2D eigenvalue weighted by atomic mass is 32.2. The summed E-state index contributed by atoms with van der Waals surface area (Å²) >= 11 is 0. The Bertz CT molecular complexity index is 1370. The molecule has 3 aromatic carbocycles. The summed E-state index contributed by atoms with van der Waals surface area (Å²) in [4.78, 5) is 10.4. The third kappa shape index (κ3) is 4.14. The van der Waals surface area contributed by atoms with Crippen LogP contribution in [0.15, 0.2) is 68.6 Å². The number of carbonyl (C=O) groups excluding carboxylic acids is 1. The number of benzene rings is 3. The number of hydrogen-bond donors (Lipinski definition) is 3. The van der Waals surface area contributed by atoms with E-state index in [0.29, 0.717) is 5.69 Å². The van der Waals surface area contributed by atoms with E-state index >= 15 is 0 Å². The van der Waals surface area contributed by atoms with E-state index in [1.54, 1.807) is 30.3 Å². The number of aldehydes is 1. The van der Waals surface area contributed by atoms with E-state index in [-0.39, 0.29) is 28.3 Å². The fraction of sp³-hybridized carbons (Fsp3) is 0. The van der Waals surface area contributed by atoms with E-state index in [0.717, 1.165) is 18.2 Å². The molecule has 0 aromatic heterocycles. The first-order valence-electron chi connectivity index (χ1n) is 7.79. The Balaban J connectivity index is 2.42. The van der Waals surface area contributed by atoms with Crippen molar-refractivity contribution in [3.63, 3.8) is 0 Å². The number of azo groups is 1.